The lowest BCUT2D eigenvalue weighted by Gasteiger charge is -2.67. The molecule has 21 heavy (non-hydrogen) atoms. The molecular formula is C18H32N2O. The monoisotopic (exact) mass is 292 g/mol. The maximum Gasteiger partial charge on any atom is 0.0690 e. The normalized spacial score (nSPS) is 49.3. The summed E-state index contributed by atoms with van der Waals surface area (Å²) in [5, 5.41) is 0. The van der Waals surface area contributed by atoms with Crippen LogP contribution in [0.25, 0.3) is 0 Å². The highest BCUT2D eigenvalue weighted by Crippen LogP contribution is 2.58. The molecule has 2 aliphatic heterocycles. The molecule has 2 N–H and O–H groups in total. The van der Waals surface area contributed by atoms with Gasteiger partial charge in [0.25, 0.3) is 0 Å². The molecule has 5 atom stereocenters. The molecule has 3 nitrogen and oxygen atoms in total. The van der Waals surface area contributed by atoms with Crippen LogP contribution >= 0.6 is 0 Å². The van der Waals surface area contributed by atoms with Crippen molar-refractivity contribution in [1.29, 1.82) is 0 Å². The smallest absolute Gasteiger partial charge is 0.0690 e. The first-order valence-corrected chi connectivity index (χ1v) is 9.18. The van der Waals surface area contributed by atoms with Gasteiger partial charge in [0.2, 0.25) is 0 Å². The first-order valence-electron chi connectivity index (χ1n) is 9.18. The Labute approximate surface area is 129 Å². The maximum atomic E-state index is 7.02. The zero-order chi connectivity index (χ0) is 14.7. The van der Waals surface area contributed by atoms with E-state index < -0.39 is 0 Å². The molecule has 4 rings (SSSR count). The van der Waals surface area contributed by atoms with Crippen LogP contribution in [0.3, 0.4) is 0 Å². The largest absolute Gasteiger partial charge is 0.377 e. The molecule has 0 amide bonds. The topological polar surface area (TPSA) is 38.5 Å². The third kappa shape index (κ3) is 1.96. The Hall–Kier alpha value is -0.120. The Morgan fingerprint density at radius 3 is 2.76 bits per heavy atom. The first kappa shape index (κ1) is 14.5. The van der Waals surface area contributed by atoms with Crippen LogP contribution in [0, 0.1) is 17.3 Å². The maximum absolute atomic E-state index is 7.02. The van der Waals surface area contributed by atoms with Gasteiger partial charge in [0.1, 0.15) is 0 Å². The van der Waals surface area contributed by atoms with E-state index in [1.807, 2.05) is 0 Å². The van der Waals surface area contributed by atoms with Gasteiger partial charge in [0.15, 0.2) is 0 Å². The van der Waals surface area contributed by atoms with Gasteiger partial charge in [0, 0.05) is 36.1 Å². The van der Waals surface area contributed by atoms with Crippen molar-refractivity contribution in [3.8, 4) is 0 Å². The molecule has 5 unspecified atom stereocenters. The number of ether oxygens (including phenoxy) is 1. The molecule has 4 aliphatic rings. The molecule has 3 heteroatoms. The van der Waals surface area contributed by atoms with E-state index in [2.05, 4.69) is 18.7 Å². The van der Waals surface area contributed by atoms with Crippen LogP contribution in [-0.2, 0) is 4.74 Å². The predicted octanol–water partition coefficient (Wildman–Crippen LogP) is 2.78. The van der Waals surface area contributed by atoms with Crippen LogP contribution in [0.1, 0.15) is 58.8 Å². The summed E-state index contributed by atoms with van der Waals surface area (Å²) in [5.74, 6) is 1.55. The lowest BCUT2D eigenvalue weighted by atomic mass is 9.46. The summed E-state index contributed by atoms with van der Waals surface area (Å²) in [6.07, 6.45) is 10.0. The van der Waals surface area contributed by atoms with Crippen LogP contribution in [0.15, 0.2) is 0 Å². The van der Waals surface area contributed by atoms with Gasteiger partial charge in [-0.1, -0.05) is 26.7 Å². The zero-order valence-electron chi connectivity index (χ0n) is 13.8. The van der Waals surface area contributed by atoms with Crippen molar-refractivity contribution in [3.63, 3.8) is 0 Å². The first-order chi connectivity index (χ1) is 10.0. The second-order valence-corrected chi connectivity index (χ2v) is 8.67. The summed E-state index contributed by atoms with van der Waals surface area (Å²) in [4.78, 5) is 2.76. The van der Waals surface area contributed by atoms with E-state index in [9.17, 15) is 0 Å². The zero-order valence-corrected chi connectivity index (χ0v) is 13.8. The number of hydrogen-bond acceptors (Lipinski definition) is 3. The van der Waals surface area contributed by atoms with Crippen LogP contribution in [0.2, 0.25) is 0 Å². The third-order valence-electron chi connectivity index (χ3n) is 7.48. The summed E-state index contributed by atoms with van der Waals surface area (Å²) < 4.78 is 6.06. The minimum Gasteiger partial charge on any atom is -0.377 e. The Kier molecular flexibility index (Phi) is 3.40. The van der Waals surface area contributed by atoms with E-state index in [0.29, 0.717) is 12.0 Å². The highest BCUT2D eigenvalue weighted by molar-refractivity contribution is 5.21. The molecule has 2 aliphatic carbocycles. The van der Waals surface area contributed by atoms with Crippen molar-refractivity contribution >= 4 is 0 Å². The number of fused-ring (bicyclic) bond motifs is 2. The molecular weight excluding hydrogens is 260 g/mol. The second kappa shape index (κ2) is 4.94. The molecule has 0 radical (unpaired) electrons. The van der Waals surface area contributed by atoms with Crippen molar-refractivity contribution < 1.29 is 4.74 Å². The highest BCUT2D eigenvalue weighted by atomic mass is 16.5. The standard InChI is InChI=1S/C18H32N2O/c1-17(2)16-14(7-5-11-21-16)18(17,19)12-20-10-9-13-6-3-4-8-15(13)20/h13-16H,3-12,19H2,1-2H3. The van der Waals surface area contributed by atoms with Crippen molar-refractivity contribution in [2.45, 2.75) is 76.5 Å². The molecule has 0 spiro atoms. The van der Waals surface area contributed by atoms with Crippen molar-refractivity contribution in [3.05, 3.63) is 0 Å². The fourth-order valence-electron chi connectivity index (χ4n) is 6.02. The van der Waals surface area contributed by atoms with Crippen LogP contribution in [0.5, 0.6) is 0 Å². The van der Waals surface area contributed by atoms with Gasteiger partial charge >= 0.3 is 0 Å². The Bertz CT molecular complexity index is 410. The van der Waals surface area contributed by atoms with Crippen LogP contribution in [-0.4, -0.2) is 42.3 Å². The Morgan fingerprint density at radius 2 is 1.90 bits per heavy atom. The highest BCUT2D eigenvalue weighted by Gasteiger charge is 2.67. The minimum absolute atomic E-state index is 0.0373. The van der Waals surface area contributed by atoms with E-state index >= 15 is 0 Å². The molecule has 0 bridgehead atoms. The Balaban J connectivity index is 1.50. The fourth-order valence-corrected chi connectivity index (χ4v) is 6.02. The molecule has 0 aromatic carbocycles. The van der Waals surface area contributed by atoms with E-state index in [4.69, 9.17) is 10.5 Å². The average Bonchev–Trinajstić information content (AvgIpc) is 2.90. The number of hydrogen-bond donors (Lipinski definition) is 1. The number of nitrogens with zero attached hydrogens (tertiary/aromatic N) is 1. The predicted molar refractivity (Wildman–Crippen MR) is 85.1 cm³/mol. The van der Waals surface area contributed by atoms with E-state index in [0.717, 1.165) is 25.1 Å². The second-order valence-electron chi connectivity index (χ2n) is 8.67. The van der Waals surface area contributed by atoms with Gasteiger partial charge < -0.3 is 10.5 Å². The van der Waals surface area contributed by atoms with Gasteiger partial charge in [-0.2, -0.15) is 0 Å². The SMILES string of the molecule is CC1(C)C2OCCCC2C1(N)CN1CCC2CCCCC21. The quantitative estimate of drug-likeness (QED) is 0.850. The fraction of sp³-hybridized carbons (Fsp3) is 1.00. The molecule has 0 aromatic rings. The van der Waals surface area contributed by atoms with Gasteiger partial charge in [-0.15, -0.1) is 0 Å². The van der Waals surface area contributed by atoms with Crippen molar-refractivity contribution in [2.75, 3.05) is 19.7 Å². The molecule has 2 saturated heterocycles. The molecule has 0 aromatic heterocycles. The van der Waals surface area contributed by atoms with Gasteiger partial charge in [-0.25, -0.2) is 0 Å². The summed E-state index contributed by atoms with van der Waals surface area (Å²) in [7, 11) is 0. The summed E-state index contributed by atoms with van der Waals surface area (Å²) >= 11 is 0. The van der Waals surface area contributed by atoms with Gasteiger partial charge in [-0.3, -0.25) is 4.90 Å². The van der Waals surface area contributed by atoms with Gasteiger partial charge in [0.05, 0.1) is 6.10 Å². The van der Waals surface area contributed by atoms with Crippen molar-refractivity contribution in [2.24, 2.45) is 23.0 Å². The number of rotatable bonds is 2. The Morgan fingerprint density at radius 1 is 1.10 bits per heavy atom. The average molecular weight is 292 g/mol. The summed E-state index contributed by atoms with van der Waals surface area (Å²) in [6, 6.07) is 0.832. The summed E-state index contributed by atoms with van der Waals surface area (Å²) in [6.45, 7) is 8.01. The molecule has 2 saturated carbocycles. The van der Waals surface area contributed by atoms with E-state index in [1.54, 1.807) is 0 Å². The number of nitrogens with two attached hydrogens (primary N) is 1. The third-order valence-corrected chi connectivity index (χ3v) is 7.48. The molecule has 120 valence electrons. The van der Waals surface area contributed by atoms with Crippen LogP contribution < -0.4 is 5.73 Å². The summed E-state index contributed by atoms with van der Waals surface area (Å²) in [5.41, 5.74) is 7.11. The number of likely N-dealkylation sites (tertiary alicyclic amines) is 1. The lowest BCUT2D eigenvalue weighted by Crippen LogP contribution is -2.80. The van der Waals surface area contributed by atoms with Crippen molar-refractivity contribution in [1.82, 2.24) is 4.90 Å². The van der Waals surface area contributed by atoms with E-state index in [1.165, 1.54) is 51.5 Å². The van der Waals surface area contributed by atoms with Crippen LogP contribution in [0.4, 0.5) is 0 Å². The lowest BCUT2D eigenvalue weighted by molar-refractivity contribution is -0.232. The van der Waals surface area contributed by atoms with E-state index in [-0.39, 0.29) is 11.0 Å². The van der Waals surface area contributed by atoms with Gasteiger partial charge in [-0.05, 0) is 44.6 Å². The molecule has 2 heterocycles. The minimum atomic E-state index is -0.0373. The molecule has 4 fully saturated rings.